The highest BCUT2D eigenvalue weighted by Gasteiger charge is 2.31. The van der Waals surface area contributed by atoms with Crippen LogP contribution in [0.1, 0.15) is 25.7 Å². The first-order valence-corrected chi connectivity index (χ1v) is 8.60. The van der Waals surface area contributed by atoms with Gasteiger partial charge in [0, 0.05) is 6.54 Å². The third-order valence-electron chi connectivity index (χ3n) is 3.73. The highest BCUT2D eigenvalue weighted by molar-refractivity contribution is 7.92. The number of carbonyl (C=O) groups is 1. The number of amides is 1. The van der Waals surface area contributed by atoms with Gasteiger partial charge in [-0.25, -0.2) is 8.42 Å². The van der Waals surface area contributed by atoms with Crippen molar-refractivity contribution in [3.8, 4) is 0 Å². The summed E-state index contributed by atoms with van der Waals surface area (Å²) in [6.45, 7) is 2.09. The van der Waals surface area contributed by atoms with Crippen LogP contribution >= 0.6 is 0 Å². The number of hydrogen-bond donors (Lipinski definition) is 2. The predicted octanol–water partition coefficient (Wildman–Crippen LogP) is -0.552. The van der Waals surface area contributed by atoms with Crippen LogP contribution in [-0.2, 0) is 19.4 Å². The Kier molecular flexibility index (Phi) is 5.18. The lowest BCUT2D eigenvalue weighted by molar-refractivity contribution is -0.128. The van der Waals surface area contributed by atoms with Crippen molar-refractivity contribution in [3.63, 3.8) is 0 Å². The average Bonchev–Trinajstić information content (AvgIpc) is 2.74. The molecule has 7 heteroatoms. The second-order valence-corrected chi connectivity index (χ2v) is 7.60. The Balaban J connectivity index is 1.64. The van der Waals surface area contributed by atoms with Crippen LogP contribution in [0.5, 0.6) is 0 Å². The summed E-state index contributed by atoms with van der Waals surface area (Å²) in [5.41, 5.74) is 0. The van der Waals surface area contributed by atoms with Crippen molar-refractivity contribution in [2.24, 2.45) is 0 Å². The van der Waals surface area contributed by atoms with E-state index >= 15 is 0 Å². The maximum Gasteiger partial charge on any atom is 0.246 e. The van der Waals surface area contributed by atoms with Gasteiger partial charge in [-0.1, -0.05) is 0 Å². The van der Waals surface area contributed by atoms with Crippen molar-refractivity contribution >= 4 is 15.7 Å². The molecule has 110 valence electrons. The summed E-state index contributed by atoms with van der Waals surface area (Å²) in [6, 6.07) is 0. The molecule has 0 aliphatic carbocycles. The molecule has 2 aliphatic heterocycles. The average molecular weight is 290 g/mol. The zero-order valence-electron chi connectivity index (χ0n) is 11.1. The standard InChI is InChI=1S/C12H22N2O4S/c15-12(9-18-10-3-5-13-6-4-10)14-8-11-2-1-7-19(11,16)17/h10-11,13H,1-9H2,(H,14,15). The van der Waals surface area contributed by atoms with Gasteiger partial charge in [0.15, 0.2) is 9.84 Å². The molecule has 2 aliphatic rings. The molecule has 0 spiro atoms. The van der Waals surface area contributed by atoms with E-state index in [9.17, 15) is 13.2 Å². The molecule has 1 atom stereocenters. The van der Waals surface area contributed by atoms with Crippen molar-refractivity contribution in [2.75, 3.05) is 32.0 Å². The van der Waals surface area contributed by atoms with Crippen molar-refractivity contribution in [2.45, 2.75) is 37.0 Å². The van der Waals surface area contributed by atoms with E-state index in [0.29, 0.717) is 12.8 Å². The SMILES string of the molecule is O=C(COC1CCNCC1)NCC1CCCS1(=O)=O. The number of ether oxygens (including phenoxy) is 1. The molecular formula is C12H22N2O4S. The van der Waals surface area contributed by atoms with Gasteiger partial charge in [-0.3, -0.25) is 4.79 Å². The minimum atomic E-state index is -2.98. The quantitative estimate of drug-likeness (QED) is 0.709. The van der Waals surface area contributed by atoms with Crippen molar-refractivity contribution < 1.29 is 17.9 Å². The molecule has 1 amide bonds. The second-order valence-electron chi connectivity index (χ2n) is 5.20. The van der Waals surface area contributed by atoms with Crippen LogP contribution < -0.4 is 10.6 Å². The Bertz CT molecular complexity index is 404. The third kappa shape index (κ3) is 4.43. The molecule has 1 unspecified atom stereocenters. The fourth-order valence-electron chi connectivity index (χ4n) is 2.52. The lowest BCUT2D eigenvalue weighted by Gasteiger charge is -2.22. The normalized spacial score (nSPS) is 27.3. The second kappa shape index (κ2) is 6.67. The van der Waals surface area contributed by atoms with E-state index in [-0.39, 0.29) is 30.9 Å². The molecule has 2 heterocycles. The first-order valence-electron chi connectivity index (χ1n) is 6.88. The van der Waals surface area contributed by atoms with E-state index in [1.165, 1.54) is 0 Å². The topological polar surface area (TPSA) is 84.5 Å². The Hall–Kier alpha value is -0.660. The van der Waals surface area contributed by atoms with Crippen LogP contribution in [0.3, 0.4) is 0 Å². The van der Waals surface area contributed by atoms with E-state index in [0.717, 1.165) is 25.9 Å². The molecule has 6 nitrogen and oxygen atoms in total. The number of piperidine rings is 1. The molecule has 0 bridgehead atoms. The zero-order valence-corrected chi connectivity index (χ0v) is 11.9. The maximum absolute atomic E-state index is 11.6. The molecule has 2 saturated heterocycles. The highest BCUT2D eigenvalue weighted by atomic mass is 32.2. The van der Waals surface area contributed by atoms with Gasteiger partial charge in [-0.2, -0.15) is 0 Å². The van der Waals surface area contributed by atoms with Gasteiger partial charge in [-0.05, 0) is 38.8 Å². The van der Waals surface area contributed by atoms with Gasteiger partial charge in [0.25, 0.3) is 0 Å². The molecule has 2 rings (SSSR count). The van der Waals surface area contributed by atoms with Gasteiger partial charge in [0.2, 0.25) is 5.91 Å². The summed E-state index contributed by atoms with van der Waals surface area (Å²) in [5, 5.41) is 5.48. The molecular weight excluding hydrogens is 268 g/mol. The Morgan fingerprint density at radius 2 is 2.00 bits per heavy atom. The van der Waals surface area contributed by atoms with E-state index in [4.69, 9.17) is 4.74 Å². The minimum absolute atomic E-state index is 0.0252. The third-order valence-corrected chi connectivity index (χ3v) is 6.00. The van der Waals surface area contributed by atoms with E-state index in [2.05, 4.69) is 10.6 Å². The van der Waals surface area contributed by atoms with Gasteiger partial charge >= 0.3 is 0 Å². The Labute approximate surface area is 114 Å². The number of nitrogens with one attached hydrogen (secondary N) is 2. The molecule has 0 saturated carbocycles. The summed E-state index contributed by atoms with van der Waals surface area (Å²) in [4.78, 5) is 11.6. The highest BCUT2D eigenvalue weighted by Crippen LogP contribution is 2.18. The van der Waals surface area contributed by atoms with Crippen LogP contribution in [0.2, 0.25) is 0 Å². The molecule has 2 N–H and O–H groups in total. The van der Waals surface area contributed by atoms with Gasteiger partial charge in [0.1, 0.15) is 6.61 Å². The molecule has 2 fully saturated rings. The summed E-state index contributed by atoms with van der Waals surface area (Å²) < 4.78 is 28.7. The first kappa shape index (κ1) is 14.7. The smallest absolute Gasteiger partial charge is 0.246 e. The van der Waals surface area contributed by atoms with E-state index < -0.39 is 15.1 Å². The van der Waals surface area contributed by atoms with Crippen LogP contribution in [0.15, 0.2) is 0 Å². The Morgan fingerprint density at radius 1 is 1.26 bits per heavy atom. The molecule has 0 aromatic rings. The predicted molar refractivity (Wildman–Crippen MR) is 71.7 cm³/mol. The molecule has 19 heavy (non-hydrogen) atoms. The molecule has 0 aromatic carbocycles. The molecule has 0 radical (unpaired) electrons. The van der Waals surface area contributed by atoms with Gasteiger partial charge in [0.05, 0.1) is 17.1 Å². The first-order chi connectivity index (χ1) is 9.08. The minimum Gasteiger partial charge on any atom is -0.368 e. The summed E-state index contributed by atoms with van der Waals surface area (Å²) in [7, 11) is -2.98. The monoisotopic (exact) mass is 290 g/mol. The van der Waals surface area contributed by atoms with E-state index in [1.807, 2.05) is 0 Å². The van der Waals surface area contributed by atoms with Gasteiger partial charge in [-0.15, -0.1) is 0 Å². The van der Waals surface area contributed by atoms with Crippen molar-refractivity contribution in [1.29, 1.82) is 0 Å². The lowest BCUT2D eigenvalue weighted by atomic mass is 10.1. The summed E-state index contributed by atoms with van der Waals surface area (Å²) in [6.07, 6.45) is 3.34. The Morgan fingerprint density at radius 3 is 2.63 bits per heavy atom. The lowest BCUT2D eigenvalue weighted by Crippen LogP contribution is -2.39. The van der Waals surface area contributed by atoms with Gasteiger partial charge < -0.3 is 15.4 Å². The maximum atomic E-state index is 11.6. The van der Waals surface area contributed by atoms with Crippen molar-refractivity contribution in [3.05, 3.63) is 0 Å². The van der Waals surface area contributed by atoms with Crippen LogP contribution in [-0.4, -0.2) is 57.7 Å². The number of hydrogen-bond acceptors (Lipinski definition) is 5. The van der Waals surface area contributed by atoms with Crippen LogP contribution in [0.25, 0.3) is 0 Å². The molecule has 0 aromatic heterocycles. The van der Waals surface area contributed by atoms with E-state index in [1.54, 1.807) is 0 Å². The summed E-state index contributed by atoms with van der Waals surface area (Å²) >= 11 is 0. The fraction of sp³-hybridized carbons (Fsp3) is 0.917. The van der Waals surface area contributed by atoms with Crippen LogP contribution in [0.4, 0.5) is 0 Å². The number of rotatable bonds is 5. The van der Waals surface area contributed by atoms with Crippen LogP contribution in [0, 0.1) is 0 Å². The fourth-order valence-corrected chi connectivity index (χ4v) is 4.29. The van der Waals surface area contributed by atoms with Crippen molar-refractivity contribution in [1.82, 2.24) is 10.6 Å². The number of sulfone groups is 1. The summed E-state index contributed by atoms with van der Waals surface area (Å²) in [5.74, 6) is 0.0275. The largest absolute Gasteiger partial charge is 0.368 e. The number of carbonyl (C=O) groups excluding carboxylic acids is 1. The zero-order chi connectivity index (χ0) is 13.7.